The smallest absolute Gasteiger partial charge is 0.326 e. The summed E-state index contributed by atoms with van der Waals surface area (Å²) < 4.78 is 5.74. The lowest BCUT2D eigenvalue weighted by Crippen LogP contribution is -2.56. The van der Waals surface area contributed by atoms with E-state index in [0.29, 0.717) is 25.1 Å². The van der Waals surface area contributed by atoms with Crippen LogP contribution in [0.3, 0.4) is 0 Å². The normalized spacial score (nSPS) is 20.3. The molecule has 158 valence electrons. The van der Waals surface area contributed by atoms with Crippen LogP contribution < -0.4 is 10.1 Å². The van der Waals surface area contributed by atoms with Gasteiger partial charge in [-0.05, 0) is 43.2 Å². The second-order valence-corrected chi connectivity index (χ2v) is 9.11. The van der Waals surface area contributed by atoms with Gasteiger partial charge in [-0.1, -0.05) is 38.4 Å². The summed E-state index contributed by atoms with van der Waals surface area (Å²) in [6.45, 7) is 5.85. The van der Waals surface area contributed by atoms with Crippen LogP contribution in [0.25, 0.3) is 0 Å². The number of carbonyl (C=O) groups is 3. The standard InChI is InChI=1S/C21H27ClN2O5/c1-21(2,3)17(19(26)24-11-5-7-14(24)20(27)28)23-18(25)13-6-4-8-15(16(13)22)29-12-9-10-12/h4,6,8,12,14,17H,5,7,9-11H2,1-3H3,(H,23,25)(H,27,28)/t14-,17+/m0/s1. The highest BCUT2D eigenvalue weighted by molar-refractivity contribution is 6.35. The molecule has 8 heteroatoms. The number of nitrogens with one attached hydrogen (secondary N) is 1. The highest BCUT2D eigenvalue weighted by Crippen LogP contribution is 2.34. The number of carboxylic acid groups (broad SMARTS) is 1. The van der Waals surface area contributed by atoms with Gasteiger partial charge in [0.2, 0.25) is 5.91 Å². The van der Waals surface area contributed by atoms with Gasteiger partial charge in [0.25, 0.3) is 5.91 Å². The molecule has 0 radical (unpaired) electrons. The average molecular weight is 423 g/mol. The van der Waals surface area contributed by atoms with Crippen LogP contribution >= 0.6 is 11.6 Å². The third kappa shape index (κ3) is 4.83. The molecule has 1 aromatic carbocycles. The maximum Gasteiger partial charge on any atom is 0.326 e. The van der Waals surface area contributed by atoms with Crippen LogP contribution in [-0.2, 0) is 9.59 Å². The molecule has 1 aliphatic carbocycles. The summed E-state index contributed by atoms with van der Waals surface area (Å²) in [4.78, 5) is 39.0. The van der Waals surface area contributed by atoms with Gasteiger partial charge in [0, 0.05) is 6.54 Å². The summed E-state index contributed by atoms with van der Waals surface area (Å²) in [5.41, 5.74) is -0.393. The second kappa shape index (κ2) is 8.22. The number of ether oxygens (including phenoxy) is 1. The Morgan fingerprint density at radius 2 is 1.93 bits per heavy atom. The fourth-order valence-electron chi connectivity index (χ4n) is 3.45. The maximum atomic E-state index is 13.2. The van der Waals surface area contributed by atoms with E-state index >= 15 is 0 Å². The highest BCUT2D eigenvalue weighted by Gasteiger charge is 2.42. The van der Waals surface area contributed by atoms with E-state index in [0.717, 1.165) is 12.8 Å². The van der Waals surface area contributed by atoms with Crippen molar-refractivity contribution in [2.75, 3.05) is 6.54 Å². The van der Waals surface area contributed by atoms with Crippen molar-refractivity contribution in [1.29, 1.82) is 0 Å². The van der Waals surface area contributed by atoms with E-state index in [-0.39, 0.29) is 16.7 Å². The van der Waals surface area contributed by atoms with E-state index < -0.39 is 35.3 Å². The van der Waals surface area contributed by atoms with Gasteiger partial charge < -0.3 is 20.1 Å². The Morgan fingerprint density at radius 1 is 1.24 bits per heavy atom. The van der Waals surface area contributed by atoms with Crippen molar-refractivity contribution in [2.45, 2.75) is 64.6 Å². The number of hydrogen-bond donors (Lipinski definition) is 2. The summed E-state index contributed by atoms with van der Waals surface area (Å²) in [5.74, 6) is -1.46. The molecule has 1 saturated carbocycles. The fraction of sp³-hybridized carbons (Fsp3) is 0.571. The topological polar surface area (TPSA) is 95.9 Å². The van der Waals surface area contributed by atoms with Crippen molar-refractivity contribution in [2.24, 2.45) is 5.41 Å². The number of rotatable bonds is 6. The number of aliphatic carboxylic acids is 1. The van der Waals surface area contributed by atoms with E-state index in [1.54, 1.807) is 18.2 Å². The lowest BCUT2D eigenvalue weighted by atomic mass is 9.85. The number of amides is 2. The molecule has 29 heavy (non-hydrogen) atoms. The van der Waals surface area contributed by atoms with Crippen molar-refractivity contribution in [3.63, 3.8) is 0 Å². The first-order chi connectivity index (χ1) is 13.6. The zero-order valence-electron chi connectivity index (χ0n) is 16.9. The summed E-state index contributed by atoms with van der Waals surface area (Å²) in [6, 6.07) is 3.23. The molecule has 2 N–H and O–H groups in total. The Balaban J connectivity index is 1.81. The molecule has 1 aromatic rings. The Hall–Kier alpha value is -2.28. The molecular formula is C21H27ClN2O5. The minimum absolute atomic E-state index is 0.137. The maximum absolute atomic E-state index is 13.2. The minimum atomic E-state index is -1.03. The molecular weight excluding hydrogens is 396 g/mol. The molecule has 1 saturated heterocycles. The first-order valence-corrected chi connectivity index (χ1v) is 10.3. The predicted octanol–water partition coefficient (Wildman–Crippen LogP) is 3.10. The van der Waals surface area contributed by atoms with E-state index in [4.69, 9.17) is 16.3 Å². The molecule has 3 rings (SSSR count). The van der Waals surface area contributed by atoms with Crippen molar-refractivity contribution in [3.05, 3.63) is 28.8 Å². The Bertz CT molecular complexity index is 816. The number of nitrogens with zero attached hydrogens (tertiary/aromatic N) is 1. The van der Waals surface area contributed by atoms with Crippen LogP contribution in [0.4, 0.5) is 0 Å². The van der Waals surface area contributed by atoms with Gasteiger partial charge in [-0.25, -0.2) is 4.79 Å². The lowest BCUT2D eigenvalue weighted by molar-refractivity contribution is -0.150. The van der Waals surface area contributed by atoms with Crippen molar-refractivity contribution >= 4 is 29.4 Å². The van der Waals surface area contributed by atoms with E-state index in [9.17, 15) is 19.5 Å². The first kappa shape index (κ1) is 21.4. The van der Waals surface area contributed by atoms with Gasteiger partial charge in [-0.15, -0.1) is 0 Å². The molecule has 1 aliphatic heterocycles. The molecule has 0 bridgehead atoms. The van der Waals surface area contributed by atoms with Crippen molar-refractivity contribution in [1.82, 2.24) is 10.2 Å². The summed E-state index contributed by atoms with van der Waals surface area (Å²) in [6.07, 6.45) is 3.11. The van der Waals surface area contributed by atoms with E-state index in [1.807, 2.05) is 20.8 Å². The van der Waals surface area contributed by atoms with Crippen LogP contribution in [-0.4, -0.2) is 52.5 Å². The van der Waals surface area contributed by atoms with E-state index in [2.05, 4.69) is 5.32 Å². The molecule has 0 unspecified atom stereocenters. The van der Waals surface area contributed by atoms with E-state index in [1.165, 1.54) is 4.90 Å². The zero-order valence-corrected chi connectivity index (χ0v) is 17.7. The number of carboxylic acids is 1. The molecule has 7 nitrogen and oxygen atoms in total. The SMILES string of the molecule is CC(C)(C)[C@H](NC(=O)c1cccc(OC2CC2)c1Cl)C(=O)N1CCC[C@H]1C(=O)O. The average Bonchev–Trinajstić information content (AvgIpc) is 3.30. The summed E-state index contributed by atoms with van der Waals surface area (Å²) >= 11 is 6.39. The van der Waals surface area contributed by atoms with Gasteiger partial charge in [0.1, 0.15) is 17.8 Å². The largest absolute Gasteiger partial charge is 0.489 e. The first-order valence-electron chi connectivity index (χ1n) is 9.89. The third-order valence-corrected chi connectivity index (χ3v) is 5.63. The van der Waals surface area contributed by atoms with Gasteiger partial charge in [0.15, 0.2) is 0 Å². The monoisotopic (exact) mass is 422 g/mol. The Labute approximate surface area is 175 Å². The molecule has 2 amide bonds. The minimum Gasteiger partial charge on any atom is -0.489 e. The molecule has 0 spiro atoms. The van der Waals surface area contributed by atoms with Crippen molar-refractivity contribution < 1.29 is 24.2 Å². The lowest BCUT2D eigenvalue weighted by Gasteiger charge is -2.35. The summed E-state index contributed by atoms with van der Waals surface area (Å²) in [7, 11) is 0. The van der Waals surface area contributed by atoms with Crippen molar-refractivity contribution in [3.8, 4) is 5.75 Å². The molecule has 1 heterocycles. The van der Waals surface area contributed by atoms with Gasteiger partial charge in [-0.2, -0.15) is 0 Å². The molecule has 2 fully saturated rings. The molecule has 0 aromatic heterocycles. The van der Waals surface area contributed by atoms with Crippen LogP contribution in [0.15, 0.2) is 18.2 Å². The number of benzene rings is 1. The predicted molar refractivity (Wildman–Crippen MR) is 108 cm³/mol. The molecule has 2 aliphatic rings. The number of hydrogen-bond acceptors (Lipinski definition) is 4. The highest BCUT2D eigenvalue weighted by atomic mass is 35.5. The van der Waals surface area contributed by atoms with Gasteiger partial charge in [-0.3, -0.25) is 9.59 Å². The van der Waals surface area contributed by atoms with Gasteiger partial charge >= 0.3 is 5.97 Å². The summed E-state index contributed by atoms with van der Waals surface area (Å²) in [5, 5.41) is 12.4. The Kier molecular flexibility index (Phi) is 6.08. The van der Waals surface area contributed by atoms with Gasteiger partial charge in [0.05, 0.1) is 16.7 Å². The van der Waals surface area contributed by atoms with Crippen LogP contribution in [0.2, 0.25) is 5.02 Å². The zero-order chi connectivity index (χ0) is 21.3. The number of likely N-dealkylation sites (tertiary alicyclic amines) is 1. The third-order valence-electron chi connectivity index (χ3n) is 5.24. The second-order valence-electron chi connectivity index (χ2n) is 8.74. The molecule has 2 atom stereocenters. The number of halogens is 1. The van der Waals surface area contributed by atoms with Crippen LogP contribution in [0.1, 0.15) is 56.8 Å². The fourth-order valence-corrected chi connectivity index (χ4v) is 3.71. The quantitative estimate of drug-likeness (QED) is 0.734. The number of carbonyl (C=O) groups excluding carboxylic acids is 2. The van der Waals surface area contributed by atoms with Crippen LogP contribution in [0, 0.1) is 5.41 Å². The van der Waals surface area contributed by atoms with Crippen LogP contribution in [0.5, 0.6) is 5.75 Å². The Morgan fingerprint density at radius 3 is 2.52 bits per heavy atom.